The highest BCUT2D eigenvalue weighted by Gasteiger charge is 2.54. The van der Waals surface area contributed by atoms with Crippen molar-refractivity contribution in [1.29, 1.82) is 0 Å². The number of carbonyl (C=O) groups excluding carboxylic acids is 4. The molecule has 0 aromatic heterocycles. The molecule has 2 unspecified atom stereocenters. The second-order valence-corrected chi connectivity index (χ2v) is 8.69. The van der Waals surface area contributed by atoms with Gasteiger partial charge in [0.1, 0.15) is 5.54 Å². The molecule has 2 aliphatic heterocycles. The van der Waals surface area contributed by atoms with Crippen molar-refractivity contribution in [3.63, 3.8) is 0 Å². The van der Waals surface area contributed by atoms with Crippen LogP contribution in [0.1, 0.15) is 54.4 Å². The first-order chi connectivity index (χ1) is 14.9. The Kier molecular flexibility index (Phi) is 5.84. The molecule has 1 aromatic carbocycles. The molecule has 6 amide bonds. The van der Waals surface area contributed by atoms with Crippen molar-refractivity contribution in [2.45, 2.75) is 51.0 Å². The molecule has 3 aliphatic rings. The van der Waals surface area contributed by atoms with Crippen molar-refractivity contribution in [1.82, 2.24) is 20.9 Å². The second kappa shape index (κ2) is 8.56. The monoisotopic (exact) mass is 427 g/mol. The van der Waals surface area contributed by atoms with Crippen LogP contribution in [-0.4, -0.2) is 53.9 Å². The maximum Gasteiger partial charge on any atom is 0.322 e. The van der Waals surface area contributed by atoms with Crippen LogP contribution in [0.4, 0.5) is 15.3 Å². The molecule has 166 valence electrons. The summed E-state index contributed by atoms with van der Waals surface area (Å²) in [5.74, 6) is -0.488. The minimum atomic E-state index is -0.928. The zero-order chi connectivity index (χ0) is 22.0. The van der Waals surface area contributed by atoms with Gasteiger partial charge in [-0.1, -0.05) is 12.5 Å². The van der Waals surface area contributed by atoms with Crippen molar-refractivity contribution in [3.05, 3.63) is 29.3 Å². The summed E-state index contributed by atoms with van der Waals surface area (Å²) >= 11 is 0. The molecule has 4 rings (SSSR count). The Morgan fingerprint density at radius 3 is 2.65 bits per heavy atom. The molecule has 31 heavy (non-hydrogen) atoms. The summed E-state index contributed by atoms with van der Waals surface area (Å²) in [7, 11) is 0. The van der Waals surface area contributed by atoms with E-state index >= 15 is 0 Å². The quantitative estimate of drug-likeness (QED) is 0.550. The maximum absolute atomic E-state index is 12.9. The number of urea groups is 2. The number of piperidine rings is 1. The van der Waals surface area contributed by atoms with Gasteiger partial charge in [0.25, 0.3) is 11.8 Å². The molecule has 1 aliphatic carbocycles. The molecule has 2 heterocycles. The van der Waals surface area contributed by atoms with Crippen molar-refractivity contribution < 1.29 is 19.2 Å². The maximum atomic E-state index is 12.9. The molecule has 1 spiro atoms. The molecule has 0 bridgehead atoms. The summed E-state index contributed by atoms with van der Waals surface area (Å²) in [5.41, 5.74) is 1.08. The van der Waals surface area contributed by atoms with Crippen LogP contribution in [0.2, 0.25) is 0 Å². The first kappa shape index (κ1) is 21.1. The van der Waals surface area contributed by atoms with Crippen LogP contribution in [0.5, 0.6) is 0 Å². The van der Waals surface area contributed by atoms with Crippen molar-refractivity contribution in [2.75, 3.05) is 25.0 Å². The van der Waals surface area contributed by atoms with E-state index in [1.807, 2.05) is 17.9 Å². The zero-order valence-electron chi connectivity index (χ0n) is 17.8. The number of rotatable bonds is 4. The van der Waals surface area contributed by atoms with Crippen molar-refractivity contribution >= 4 is 29.6 Å². The molecule has 1 saturated carbocycles. The average Bonchev–Trinajstić information content (AvgIpc) is 3.30. The number of anilines is 1. The topological polar surface area (TPSA) is 120 Å². The number of hydrogen-bond donors (Lipinski definition) is 4. The summed E-state index contributed by atoms with van der Waals surface area (Å²) in [6, 6.07) is 4.42. The van der Waals surface area contributed by atoms with E-state index in [4.69, 9.17) is 0 Å². The van der Waals surface area contributed by atoms with Gasteiger partial charge in [0.15, 0.2) is 0 Å². The Balaban J connectivity index is 1.37. The van der Waals surface area contributed by atoms with Crippen LogP contribution in [0.15, 0.2) is 18.2 Å². The van der Waals surface area contributed by atoms with E-state index in [0.717, 1.165) is 50.8 Å². The first-order valence-electron chi connectivity index (χ1n) is 11.0. The number of amides is 6. The fourth-order valence-corrected chi connectivity index (χ4v) is 4.91. The Bertz CT molecular complexity index is 911. The number of imide groups is 1. The minimum absolute atomic E-state index is 0.00265. The van der Waals surface area contributed by atoms with Crippen molar-refractivity contribution in [3.8, 4) is 0 Å². The van der Waals surface area contributed by atoms with Crippen LogP contribution in [0.3, 0.4) is 0 Å². The molecule has 2 atom stereocenters. The number of aryl methyl sites for hydroxylation is 1. The predicted octanol–water partition coefficient (Wildman–Crippen LogP) is 2.12. The summed E-state index contributed by atoms with van der Waals surface area (Å²) in [4.78, 5) is 51.1. The Morgan fingerprint density at radius 2 is 1.94 bits per heavy atom. The van der Waals surface area contributed by atoms with Gasteiger partial charge in [-0.2, -0.15) is 0 Å². The lowest BCUT2D eigenvalue weighted by Crippen LogP contribution is -2.53. The zero-order valence-corrected chi connectivity index (χ0v) is 17.8. The normalized spacial score (nSPS) is 25.3. The molecule has 4 N–H and O–H groups in total. The van der Waals surface area contributed by atoms with E-state index in [1.54, 1.807) is 12.1 Å². The number of nitrogens with one attached hydrogen (secondary N) is 4. The number of nitrogens with zero attached hydrogens (tertiary/aromatic N) is 1. The molecule has 9 nitrogen and oxygen atoms in total. The Hall–Kier alpha value is -3.10. The summed E-state index contributed by atoms with van der Waals surface area (Å²) in [6.07, 6.45) is 5.31. The highest BCUT2D eigenvalue weighted by Crippen LogP contribution is 2.37. The fourth-order valence-electron chi connectivity index (χ4n) is 4.91. The number of likely N-dealkylation sites (tertiary alicyclic amines) is 1. The van der Waals surface area contributed by atoms with Gasteiger partial charge >= 0.3 is 12.1 Å². The van der Waals surface area contributed by atoms with Gasteiger partial charge in [-0.3, -0.25) is 14.9 Å². The van der Waals surface area contributed by atoms with Gasteiger partial charge in [-0.15, -0.1) is 0 Å². The smallest absolute Gasteiger partial charge is 0.322 e. The third-order valence-electron chi connectivity index (χ3n) is 6.67. The fraction of sp³-hybridized carbons (Fsp3) is 0.545. The summed E-state index contributed by atoms with van der Waals surface area (Å²) in [5, 5.41) is 10.6. The van der Waals surface area contributed by atoms with Gasteiger partial charge < -0.3 is 20.9 Å². The van der Waals surface area contributed by atoms with Gasteiger partial charge in [0.2, 0.25) is 0 Å². The second-order valence-electron chi connectivity index (χ2n) is 8.69. The lowest BCUT2D eigenvalue weighted by molar-refractivity contribution is -0.125. The molecule has 3 fully saturated rings. The number of benzene rings is 1. The van der Waals surface area contributed by atoms with E-state index in [9.17, 15) is 19.2 Å². The third kappa shape index (κ3) is 4.22. The standard InChI is InChI=1S/C22H29N5O4/c1-14-7-8-16(12-17(14)18(28)27-10-3-2-4-11-27)24-20(30)23-13-15-6-5-9-22(15)19(29)25-21(31)26-22/h7-8,12,15H,2-6,9-11,13H2,1H3,(H2,23,24,30)(H2,25,26,29,31). The van der Waals surface area contributed by atoms with Crippen molar-refractivity contribution in [2.24, 2.45) is 5.92 Å². The summed E-state index contributed by atoms with van der Waals surface area (Å²) in [6.45, 7) is 3.69. The Labute approximate surface area is 181 Å². The minimum Gasteiger partial charge on any atom is -0.339 e. The van der Waals surface area contributed by atoms with Gasteiger partial charge in [0.05, 0.1) is 0 Å². The van der Waals surface area contributed by atoms with Crippen LogP contribution in [0, 0.1) is 12.8 Å². The molecular weight excluding hydrogens is 398 g/mol. The van der Waals surface area contributed by atoms with E-state index in [0.29, 0.717) is 17.7 Å². The van der Waals surface area contributed by atoms with Gasteiger partial charge in [-0.25, -0.2) is 9.59 Å². The van der Waals surface area contributed by atoms with E-state index in [2.05, 4.69) is 21.3 Å². The van der Waals surface area contributed by atoms with Crippen LogP contribution < -0.4 is 21.3 Å². The SMILES string of the molecule is Cc1ccc(NC(=O)NCC2CCCC23NC(=O)NC3=O)cc1C(=O)N1CCCCC1. The average molecular weight is 428 g/mol. The molecular formula is C22H29N5O4. The molecule has 2 saturated heterocycles. The molecule has 9 heteroatoms. The number of carbonyl (C=O) groups is 4. The summed E-state index contributed by atoms with van der Waals surface area (Å²) < 4.78 is 0. The highest BCUT2D eigenvalue weighted by molar-refractivity contribution is 6.07. The number of hydrogen-bond acceptors (Lipinski definition) is 4. The van der Waals surface area contributed by atoms with E-state index in [-0.39, 0.29) is 24.3 Å². The third-order valence-corrected chi connectivity index (χ3v) is 6.67. The molecule has 0 radical (unpaired) electrons. The largest absolute Gasteiger partial charge is 0.339 e. The van der Waals surface area contributed by atoms with E-state index < -0.39 is 17.6 Å². The highest BCUT2D eigenvalue weighted by atomic mass is 16.2. The van der Waals surface area contributed by atoms with E-state index in [1.165, 1.54) is 0 Å². The first-order valence-corrected chi connectivity index (χ1v) is 11.0. The van der Waals surface area contributed by atoms with Gasteiger partial charge in [-0.05, 0) is 56.7 Å². The van der Waals surface area contributed by atoms with Crippen LogP contribution >= 0.6 is 0 Å². The lowest BCUT2D eigenvalue weighted by Gasteiger charge is -2.28. The Morgan fingerprint density at radius 1 is 1.16 bits per heavy atom. The molecule has 1 aromatic rings. The van der Waals surface area contributed by atoms with Crippen LogP contribution in [-0.2, 0) is 4.79 Å². The lowest BCUT2D eigenvalue weighted by atomic mass is 9.87. The predicted molar refractivity (Wildman–Crippen MR) is 115 cm³/mol. The van der Waals surface area contributed by atoms with Gasteiger partial charge in [0, 0.05) is 36.8 Å². The van der Waals surface area contributed by atoms with Crippen LogP contribution in [0.25, 0.3) is 0 Å².